The summed E-state index contributed by atoms with van der Waals surface area (Å²) in [5, 5.41) is 9.56. The van der Waals surface area contributed by atoms with Gasteiger partial charge in [-0.1, -0.05) is 15.9 Å². The molecule has 1 aromatic carbocycles. The van der Waals surface area contributed by atoms with Crippen molar-refractivity contribution >= 4 is 37.5 Å². The SMILES string of the molecule is CN(Cc1cc(Br)cc(Br)c1N)C1CCC(O)CC1. The smallest absolute Gasteiger partial charge is 0.0541 e. The molecule has 1 aromatic rings. The standard InChI is InChI=1S/C14H20Br2N2O/c1-18(11-2-4-12(19)5-3-11)8-9-6-10(15)7-13(16)14(9)17/h6-7,11-12,19H,2-5,8,17H2,1H3. The Morgan fingerprint density at radius 1 is 1.26 bits per heavy atom. The number of hydrogen-bond acceptors (Lipinski definition) is 3. The molecule has 0 aromatic heterocycles. The summed E-state index contributed by atoms with van der Waals surface area (Å²) in [7, 11) is 2.14. The van der Waals surface area contributed by atoms with E-state index in [1.54, 1.807) is 0 Å². The maximum absolute atomic E-state index is 9.56. The highest BCUT2D eigenvalue weighted by molar-refractivity contribution is 9.11. The number of halogens is 2. The Morgan fingerprint density at radius 2 is 1.89 bits per heavy atom. The van der Waals surface area contributed by atoms with E-state index in [-0.39, 0.29) is 6.10 Å². The topological polar surface area (TPSA) is 49.5 Å². The van der Waals surface area contributed by atoms with E-state index in [0.717, 1.165) is 52.4 Å². The minimum absolute atomic E-state index is 0.102. The predicted octanol–water partition coefficient (Wildman–Crippen LogP) is 3.53. The first-order chi connectivity index (χ1) is 8.97. The second-order valence-corrected chi connectivity index (χ2v) is 7.11. The lowest BCUT2D eigenvalue weighted by molar-refractivity contribution is 0.0818. The normalized spacial score (nSPS) is 23.8. The molecular formula is C14H20Br2N2O. The molecule has 0 atom stereocenters. The number of benzene rings is 1. The number of hydrogen-bond donors (Lipinski definition) is 2. The summed E-state index contributed by atoms with van der Waals surface area (Å²) in [6.45, 7) is 0.838. The number of rotatable bonds is 3. The molecule has 19 heavy (non-hydrogen) atoms. The average Bonchev–Trinajstić information content (AvgIpc) is 2.36. The summed E-state index contributed by atoms with van der Waals surface area (Å²) in [6.07, 6.45) is 3.84. The molecule has 0 unspecified atom stereocenters. The van der Waals surface area contributed by atoms with Gasteiger partial charge < -0.3 is 10.8 Å². The minimum Gasteiger partial charge on any atom is -0.398 e. The van der Waals surface area contributed by atoms with Crippen LogP contribution in [0.3, 0.4) is 0 Å². The first-order valence-corrected chi connectivity index (χ1v) is 8.17. The van der Waals surface area contributed by atoms with Gasteiger partial charge in [-0.05, 0) is 66.4 Å². The Morgan fingerprint density at radius 3 is 2.53 bits per heavy atom. The third-order valence-electron chi connectivity index (χ3n) is 3.89. The number of aliphatic hydroxyl groups excluding tert-OH is 1. The Bertz CT molecular complexity index is 445. The van der Waals surface area contributed by atoms with Crippen molar-refractivity contribution in [2.24, 2.45) is 0 Å². The molecule has 1 aliphatic rings. The number of nitrogens with zero attached hydrogens (tertiary/aromatic N) is 1. The van der Waals surface area contributed by atoms with Crippen molar-refractivity contribution in [1.29, 1.82) is 0 Å². The van der Waals surface area contributed by atoms with Crippen LogP contribution in [-0.4, -0.2) is 29.2 Å². The van der Waals surface area contributed by atoms with Gasteiger partial charge in [-0.3, -0.25) is 4.90 Å². The largest absolute Gasteiger partial charge is 0.398 e. The quantitative estimate of drug-likeness (QED) is 0.775. The molecule has 3 N–H and O–H groups in total. The summed E-state index contributed by atoms with van der Waals surface area (Å²) in [4.78, 5) is 2.34. The van der Waals surface area contributed by atoms with Gasteiger partial charge in [-0.2, -0.15) is 0 Å². The van der Waals surface area contributed by atoms with Crippen LogP contribution in [0.1, 0.15) is 31.2 Å². The zero-order valence-corrected chi connectivity index (χ0v) is 14.2. The molecule has 0 aliphatic heterocycles. The summed E-state index contributed by atoms with van der Waals surface area (Å²) < 4.78 is 1.97. The van der Waals surface area contributed by atoms with E-state index >= 15 is 0 Å². The fourth-order valence-corrected chi connectivity index (χ4v) is 3.98. The molecule has 0 radical (unpaired) electrons. The number of aliphatic hydroxyl groups is 1. The van der Waals surface area contributed by atoms with E-state index in [2.05, 4.69) is 49.9 Å². The third-order valence-corrected chi connectivity index (χ3v) is 5.00. The molecule has 0 saturated heterocycles. The highest BCUT2D eigenvalue weighted by Gasteiger charge is 2.23. The molecule has 1 saturated carbocycles. The van der Waals surface area contributed by atoms with Gasteiger partial charge >= 0.3 is 0 Å². The van der Waals surface area contributed by atoms with Crippen molar-refractivity contribution < 1.29 is 5.11 Å². The fraction of sp³-hybridized carbons (Fsp3) is 0.571. The first-order valence-electron chi connectivity index (χ1n) is 6.59. The summed E-state index contributed by atoms with van der Waals surface area (Å²) in [5.74, 6) is 0. The lowest BCUT2D eigenvalue weighted by Gasteiger charge is -2.33. The lowest BCUT2D eigenvalue weighted by Crippen LogP contribution is -2.36. The van der Waals surface area contributed by atoms with Crippen molar-refractivity contribution in [2.75, 3.05) is 12.8 Å². The van der Waals surface area contributed by atoms with Crippen LogP contribution in [0.4, 0.5) is 5.69 Å². The highest BCUT2D eigenvalue weighted by atomic mass is 79.9. The molecular weight excluding hydrogens is 372 g/mol. The molecule has 3 nitrogen and oxygen atoms in total. The Kier molecular flexibility index (Phi) is 5.29. The van der Waals surface area contributed by atoms with Gasteiger partial charge in [-0.15, -0.1) is 0 Å². The maximum Gasteiger partial charge on any atom is 0.0541 e. The average molecular weight is 392 g/mol. The molecule has 106 valence electrons. The molecule has 1 fully saturated rings. The van der Waals surface area contributed by atoms with Crippen LogP contribution in [0, 0.1) is 0 Å². The highest BCUT2D eigenvalue weighted by Crippen LogP contribution is 2.30. The zero-order chi connectivity index (χ0) is 14.0. The van der Waals surface area contributed by atoms with Gasteiger partial charge in [-0.25, -0.2) is 0 Å². The molecule has 0 bridgehead atoms. The Balaban J connectivity index is 2.04. The Labute approximate surface area is 131 Å². The monoisotopic (exact) mass is 390 g/mol. The van der Waals surface area contributed by atoms with Crippen molar-refractivity contribution in [3.8, 4) is 0 Å². The molecule has 0 amide bonds. The summed E-state index contributed by atoms with van der Waals surface area (Å²) in [5.41, 5.74) is 8.06. The van der Waals surface area contributed by atoms with Gasteiger partial charge in [0.2, 0.25) is 0 Å². The lowest BCUT2D eigenvalue weighted by atomic mass is 9.92. The van der Waals surface area contributed by atoms with Crippen molar-refractivity contribution in [2.45, 2.75) is 44.4 Å². The van der Waals surface area contributed by atoms with Gasteiger partial charge in [0.1, 0.15) is 0 Å². The molecule has 0 spiro atoms. The summed E-state index contributed by atoms with van der Waals surface area (Å²) in [6, 6.07) is 4.59. The van der Waals surface area contributed by atoms with Crippen molar-refractivity contribution in [3.05, 3.63) is 26.6 Å². The van der Waals surface area contributed by atoms with Crippen LogP contribution in [0.5, 0.6) is 0 Å². The van der Waals surface area contributed by atoms with E-state index < -0.39 is 0 Å². The summed E-state index contributed by atoms with van der Waals surface area (Å²) >= 11 is 6.99. The van der Waals surface area contributed by atoms with Crippen LogP contribution in [0.15, 0.2) is 21.1 Å². The van der Waals surface area contributed by atoms with Gasteiger partial charge in [0.25, 0.3) is 0 Å². The van der Waals surface area contributed by atoms with Crippen LogP contribution < -0.4 is 5.73 Å². The second kappa shape index (κ2) is 6.57. The predicted molar refractivity (Wildman–Crippen MR) is 86.0 cm³/mol. The molecule has 0 heterocycles. The first kappa shape index (κ1) is 15.3. The van der Waals surface area contributed by atoms with E-state index in [9.17, 15) is 5.11 Å². The number of anilines is 1. The van der Waals surface area contributed by atoms with E-state index in [1.807, 2.05) is 6.07 Å². The van der Waals surface area contributed by atoms with Crippen LogP contribution in [-0.2, 0) is 6.54 Å². The molecule has 2 rings (SSSR count). The number of nitrogen functional groups attached to an aromatic ring is 1. The molecule has 5 heteroatoms. The van der Waals surface area contributed by atoms with Crippen molar-refractivity contribution in [3.63, 3.8) is 0 Å². The van der Waals surface area contributed by atoms with E-state index in [4.69, 9.17) is 5.73 Å². The fourth-order valence-electron chi connectivity index (χ4n) is 2.67. The third kappa shape index (κ3) is 3.94. The van der Waals surface area contributed by atoms with Crippen molar-refractivity contribution in [1.82, 2.24) is 4.90 Å². The van der Waals surface area contributed by atoms with Crippen LogP contribution in [0.25, 0.3) is 0 Å². The number of nitrogens with two attached hydrogens (primary N) is 1. The zero-order valence-electron chi connectivity index (χ0n) is 11.1. The Hall–Kier alpha value is -0.100. The maximum atomic E-state index is 9.56. The van der Waals surface area contributed by atoms with Crippen LogP contribution >= 0.6 is 31.9 Å². The van der Waals surface area contributed by atoms with E-state index in [0.29, 0.717) is 6.04 Å². The minimum atomic E-state index is -0.102. The second-order valence-electron chi connectivity index (χ2n) is 5.34. The molecule has 1 aliphatic carbocycles. The van der Waals surface area contributed by atoms with Gasteiger partial charge in [0, 0.05) is 21.5 Å². The van der Waals surface area contributed by atoms with Gasteiger partial charge in [0.15, 0.2) is 0 Å². The van der Waals surface area contributed by atoms with E-state index in [1.165, 1.54) is 0 Å². The van der Waals surface area contributed by atoms with Gasteiger partial charge in [0.05, 0.1) is 11.8 Å². The van der Waals surface area contributed by atoms with Crippen LogP contribution in [0.2, 0.25) is 0 Å².